The number of benzene rings is 3. The summed E-state index contributed by atoms with van der Waals surface area (Å²) in [6.45, 7) is 0. The SMILES string of the molecule is Oc1ccc(Cl)cc1-c1cc(-c2ccc(Cl)cc2)n(-c2ccccc2)n1. The van der Waals surface area contributed by atoms with E-state index in [1.54, 1.807) is 18.2 Å². The first-order valence-electron chi connectivity index (χ1n) is 8.02. The van der Waals surface area contributed by atoms with Crippen LogP contribution in [0.2, 0.25) is 10.0 Å². The molecular weight excluding hydrogens is 367 g/mol. The minimum Gasteiger partial charge on any atom is -0.507 e. The Morgan fingerprint density at radius 1 is 0.769 bits per heavy atom. The zero-order valence-electron chi connectivity index (χ0n) is 13.6. The van der Waals surface area contributed by atoms with Gasteiger partial charge in [-0.15, -0.1) is 0 Å². The summed E-state index contributed by atoms with van der Waals surface area (Å²) in [5.41, 5.74) is 4.01. The van der Waals surface area contributed by atoms with Gasteiger partial charge in [-0.25, -0.2) is 4.68 Å². The van der Waals surface area contributed by atoms with Crippen molar-refractivity contribution in [2.75, 3.05) is 0 Å². The Labute approximate surface area is 161 Å². The first-order chi connectivity index (χ1) is 12.6. The maximum atomic E-state index is 10.2. The Kier molecular flexibility index (Phi) is 4.41. The summed E-state index contributed by atoms with van der Waals surface area (Å²) in [5, 5.41) is 16.2. The Balaban J connectivity index is 1.93. The summed E-state index contributed by atoms with van der Waals surface area (Å²) < 4.78 is 1.85. The molecule has 0 unspecified atom stereocenters. The molecule has 0 amide bonds. The van der Waals surface area contributed by atoms with E-state index >= 15 is 0 Å². The van der Waals surface area contributed by atoms with E-state index in [1.165, 1.54) is 0 Å². The third-order valence-corrected chi connectivity index (χ3v) is 4.57. The average molecular weight is 381 g/mol. The van der Waals surface area contributed by atoms with Crippen LogP contribution in [0.3, 0.4) is 0 Å². The molecule has 0 bridgehead atoms. The van der Waals surface area contributed by atoms with Gasteiger partial charge in [-0.3, -0.25) is 0 Å². The van der Waals surface area contributed by atoms with Crippen molar-refractivity contribution in [1.29, 1.82) is 0 Å². The number of phenols is 1. The molecule has 1 N–H and O–H groups in total. The molecule has 5 heteroatoms. The molecular formula is C21H14Cl2N2O. The molecule has 0 aliphatic heterocycles. The van der Waals surface area contributed by atoms with Crippen molar-refractivity contribution in [3.63, 3.8) is 0 Å². The molecule has 0 saturated carbocycles. The average Bonchev–Trinajstić information content (AvgIpc) is 3.10. The summed E-state index contributed by atoms with van der Waals surface area (Å²) in [6, 6.07) is 24.3. The van der Waals surface area contributed by atoms with Gasteiger partial charge in [0.15, 0.2) is 0 Å². The number of nitrogens with zero attached hydrogens (tertiary/aromatic N) is 2. The third-order valence-electron chi connectivity index (χ3n) is 4.08. The van der Waals surface area contributed by atoms with Crippen molar-refractivity contribution in [1.82, 2.24) is 9.78 Å². The lowest BCUT2D eigenvalue weighted by Crippen LogP contribution is -1.98. The zero-order chi connectivity index (χ0) is 18.1. The van der Waals surface area contributed by atoms with Gasteiger partial charge in [-0.05, 0) is 48.5 Å². The molecule has 128 valence electrons. The van der Waals surface area contributed by atoms with Gasteiger partial charge in [0.05, 0.1) is 17.1 Å². The first-order valence-corrected chi connectivity index (χ1v) is 8.78. The molecule has 0 atom stereocenters. The van der Waals surface area contributed by atoms with Crippen molar-refractivity contribution in [3.05, 3.63) is 88.9 Å². The van der Waals surface area contributed by atoms with Gasteiger partial charge >= 0.3 is 0 Å². The molecule has 0 radical (unpaired) electrons. The number of hydrogen-bond acceptors (Lipinski definition) is 2. The lowest BCUT2D eigenvalue weighted by Gasteiger charge is -2.07. The van der Waals surface area contributed by atoms with Gasteiger partial charge in [-0.1, -0.05) is 53.5 Å². The van der Waals surface area contributed by atoms with E-state index in [0.29, 0.717) is 21.3 Å². The Morgan fingerprint density at radius 3 is 2.19 bits per heavy atom. The second kappa shape index (κ2) is 6.87. The molecule has 4 aromatic rings. The van der Waals surface area contributed by atoms with Crippen LogP contribution in [-0.2, 0) is 0 Å². The summed E-state index contributed by atoms with van der Waals surface area (Å²) in [5.74, 6) is 0.134. The van der Waals surface area contributed by atoms with E-state index < -0.39 is 0 Å². The molecule has 3 aromatic carbocycles. The van der Waals surface area contributed by atoms with E-state index in [0.717, 1.165) is 16.9 Å². The lowest BCUT2D eigenvalue weighted by atomic mass is 10.1. The number of aromatic hydroxyl groups is 1. The molecule has 4 rings (SSSR count). The van der Waals surface area contributed by atoms with Gasteiger partial charge in [0.1, 0.15) is 5.75 Å². The molecule has 0 fully saturated rings. The lowest BCUT2D eigenvalue weighted by molar-refractivity contribution is 0.477. The normalized spacial score (nSPS) is 10.8. The van der Waals surface area contributed by atoms with Crippen LogP contribution in [0.5, 0.6) is 5.75 Å². The first kappa shape index (κ1) is 16.7. The highest BCUT2D eigenvalue weighted by Crippen LogP contribution is 2.34. The number of halogens is 2. The van der Waals surface area contributed by atoms with Gasteiger partial charge < -0.3 is 5.11 Å². The van der Waals surface area contributed by atoms with Crippen LogP contribution in [-0.4, -0.2) is 14.9 Å². The topological polar surface area (TPSA) is 38.0 Å². The standard InChI is InChI=1S/C21H14Cl2N2O/c22-15-8-6-14(7-9-15)20-13-19(18-12-16(23)10-11-21(18)26)24-25(20)17-4-2-1-3-5-17/h1-13,26H. The van der Waals surface area contributed by atoms with Crippen molar-refractivity contribution in [3.8, 4) is 34.0 Å². The minimum atomic E-state index is 0.134. The van der Waals surface area contributed by atoms with Crippen molar-refractivity contribution < 1.29 is 5.11 Å². The molecule has 0 spiro atoms. The highest BCUT2D eigenvalue weighted by molar-refractivity contribution is 6.31. The Hall–Kier alpha value is -2.75. The predicted molar refractivity (Wildman–Crippen MR) is 106 cm³/mol. The maximum Gasteiger partial charge on any atom is 0.125 e. The monoisotopic (exact) mass is 380 g/mol. The highest BCUT2D eigenvalue weighted by atomic mass is 35.5. The molecule has 26 heavy (non-hydrogen) atoms. The van der Waals surface area contributed by atoms with E-state index in [4.69, 9.17) is 28.3 Å². The highest BCUT2D eigenvalue weighted by Gasteiger charge is 2.15. The smallest absolute Gasteiger partial charge is 0.125 e. The summed E-state index contributed by atoms with van der Waals surface area (Å²) in [7, 11) is 0. The van der Waals surface area contributed by atoms with Crippen LogP contribution in [0.1, 0.15) is 0 Å². The van der Waals surface area contributed by atoms with Gasteiger partial charge in [0.2, 0.25) is 0 Å². The van der Waals surface area contributed by atoms with Crippen LogP contribution < -0.4 is 0 Å². The summed E-state index contributed by atoms with van der Waals surface area (Å²) in [6.07, 6.45) is 0. The number of phenolic OH excluding ortho intramolecular Hbond substituents is 1. The fourth-order valence-electron chi connectivity index (χ4n) is 2.82. The van der Waals surface area contributed by atoms with Gasteiger partial charge in [0, 0.05) is 21.2 Å². The van der Waals surface area contributed by atoms with E-state index in [1.807, 2.05) is 65.3 Å². The quantitative estimate of drug-likeness (QED) is 0.458. The number of aromatic nitrogens is 2. The molecule has 1 heterocycles. The van der Waals surface area contributed by atoms with Crippen LogP contribution in [0.15, 0.2) is 78.9 Å². The summed E-state index contributed by atoms with van der Waals surface area (Å²) >= 11 is 12.1. The number of hydrogen-bond donors (Lipinski definition) is 1. The van der Waals surface area contributed by atoms with E-state index in [2.05, 4.69) is 0 Å². The van der Waals surface area contributed by atoms with Crippen LogP contribution in [0, 0.1) is 0 Å². The minimum absolute atomic E-state index is 0.134. The van der Waals surface area contributed by atoms with E-state index in [9.17, 15) is 5.11 Å². The van der Waals surface area contributed by atoms with Crippen molar-refractivity contribution in [2.24, 2.45) is 0 Å². The molecule has 1 aromatic heterocycles. The molecule has 0 aliphatic carbocycles. The van der Waals surface area contributed by atoms with Crippen LogP contribution >= 0.6 is 23.2 Å². The number of para-hydroxylation sites is 1. The second-order valence-electron chi connectivity index (χ2n) is 5.83. The Bertz CT molecular complexity index is 1060. The van der Waals surface area contributed by atoms with E-state index in [-0.39, 0.29) is 5.75 Å². The number of rotatable bonds is 3. The maximum absolute atomic E-state index is 10.2. The molecule has 0 aliphatic rings. The van der Waals surface area contributed by atoms with Gasteiger partial charge in [0.25, 0.3) is 0 Å². The Morgan fingerprint density at radius 2 is 1.46 bits per heavy atom. The van der Waals surface area contributed by atoms with Crippen LogP contribution in [0.25, 0.3) is 28.2 Å². The largest absolute Gasteiger partial charge is 0.507 e. The van der Waals surface area contributed by atoms with Crippen molar-refractivity contribution in [2.45, 2.75) is 0 Å². The van der Waals surface area contributed by atoms with Gasteiger partial charge in [-0.2, -0.15) is 5.10 Å². The second-order valence-corrected chi connectivity index (χ2v) is 6.70. The predicted octanol–water partition coefficient (Wildman–Crippen LogP) is 6.22. The summed E-state index contributed by atoms with van der Waals surface area (Å²) in [4.78, 5) is 0. The van der Waals surface area contributed by atoms with Crippen molar-refractivity contribution >= 4 is 23.2 Å². The zero-order valence-corrected chi connectivity index (χ0v) is 15.1. The van der Waals surface area contributed by atoms with Crippen LogP contribution in [0.4, 0.5) is 0 Å². The molecule has 0 saturated heterocycles. The fraction of sp³-hybridized carbons (Fsp3) is 0. The third kappa shape index (κ3) is 3.19. The molecule has 3 nitrogen and oxygen atoms in total. The fourth-order valence-corrected chi connectivity index (χ4v) is 3.12.